The Kier molecular flexibility index (Phi) is 9.58. The normalized spacial score (nSPS) is 17.8. The third kappa shape index (κ3) is 7.34. The van der Waals surface area contributed by atoms with Gasteiger partial charge in [-0.1, -0.05) is 54.6 Å². The zero-order chi connectivity index (χ0) is 30.2. The van der Waals surface area contributed by atoms with Gasteiger partial charge in [-0.2, -0.15) is 0 Å². The van der Waals surface area contributed by atoms with Gasteiger partial charge < -0.3 is 35.8 Å². The average Bonchev–Trinajstić information content (AvgIpc) is 3.42. The number of aromatic hydroxyl groups is 1. The number of nitrogens with zero attached hydrogens (tertiary/aromatic N) is 2. The van der Waals surface area contributed by atoms with Gasteiger partial charge in [0.25, 0.3) is 0 Å². The molecule has 5 rings (SSSR count). The van der Waals surface area contributed by atoms with Crippen molar-refractivity contribution >= 4 is 23.9 Å². The van der Waals surface area contributed by atoms with Gasteiger partial charge in [0.2, 0.25) is 11.8 Å². The first-order chi connectivity index (χ1) is 20.9. The minimum absolute atomic E-state index is 0.0210. The van der Waals surface area contributed by atoms with E-state index in [1.807, 2.05) is 36.5 Å². The van der Waals surface area contributed by atoms with Gasteiger partial charge in [0.05, 0.1) is 13.1 Å². The van der Waals surface area contributed by atoms with Crippen LogP contribution in [0.15, 0.2) is 79.5 Å². The Morgan fingerprint density at radius 2 is 1.88 bits per heavy atom. The largest absolute Gasteiger partial charge is 0.508 e. The molecule has 0 spiro atoms. The van der Waals surface area contributed by atoms with Crippen LogP contribution in [-0.4, -0.2) is 69.6 Å². The van der Waals surface area contributed by atoms with Crippen LogP contribution in [0.4, 0.5) is 4.79 Å². The first kappa shape index (κ1) is 29.7. The number of urea groups is 1. The lowest BCUT2D eigenvalue weighted by Gasteiger charge is -2.46. The molecular weight excluding hydrogens is 544 g/mol. The van der Waals surface area contributed by atoms with Crippen LogP contribution in [-0.2, 0) is 35.5 Å². The molecule has 43 heavy (non-hydrogen) atoms. The molecule has 0 bridgehead atoms. The molecule has 2 aliphatic rings. The van der Waals surface area contributed by atoms with Crippen LogP contribution in [0.25, 0.3) is 6.08 Å². The van der Waals surface area contributed by atoms with Gasteiger partial charge in [-0.05, 0) is 53.3 Å². The van der Waals surface area contributed by atoms with Crippen LogP contribution in [0.1, 0.15) is 34.4 Å². The number of phenols is 1. The molecule has 224 valence electrons. The van der Waals surface area contributed by atoms with E-state index in [9.17, 15) is 19.5 Å². The zero-order valence-electron chi connectivity index (χ0n) is 24.1. The first-order valence-electron chi connectivity index (χ1n) is 14.6. The van der Waals surface area contributed by atoms with Crippen LogP contribution < -0.4 is 16.0 Å². The van der Waals surface area contributed by atoms with Crippen molar-refractivity contribution in [1.29, 1.82) is 0 Å². The van der Waals surface area contributed by atoms with Crippen molar-refractivity contribution < 1.29 is 19.5 Å². The number of piperazine rings is 1. The predicted molar refractivity (Wildman–Crippen MR) is 165 cm³/mol. The summed E-state index contributed by atoms with van der Waals surface area (Å²) in [6.45, 7) is 4.90. The summed E-state index contributed by atoms with van der Waals surface area (Å²) >= 11 is 0. The highest BCUT2D eigenvalue weighted by atomic mass is 16.3. The molecule has 10 heteroatoms. The summed E-state index contributed by atoms with van der Waals surface area (Å²) in [5.41, 5.74) is 4.98. The number of benzene rings is 2. The molecule has 2 heterocycles. The molecule has 1 aliphatic heterocycles. The molecule has 2 aromatic carbocycles. The second kappa shape index (κ2) is 13.9. The van der Waals surface area contributed by atoms with Crippen molar-refractivity contribution in [3.63, 3.8) is 0 Å². The molecular formula is C33H38N6O4. The third-order valence-corrected chi connectivity index (χ3v) is 7.79. The number of hydrogen-bond acceptors (Lipinski definition) is 5. The first-order valence-corrected chi connectivity index (χ1v) is 14.6. The number of amides is 4. The average molecular weight is 583 g/mol. The maximum absolute atomic E-state index is 14.2. The molecule has 0 unspecified atom stereocenters. The van der Waals surface area contributed by atoms with Gasteiger partial charge in [0.1, 0.15) is 18.0 Å². The Hall–Kier alpha value is -4.83. The standard InChI is InChI=1S/C33H38N6O4/c1-2-16-34-20-31(41)39-29(17-23-12-14-26(40)15-13-23)32(42)38(21-25-19-35-28-11-7-6-10-27(25)28)22-30(39)37-33(43)36-18-24-8-4-3-5-9-24/h2-5,7-9,11-15,19,29-30,34-35,40H,1,6,10,16-18,20-22H2,(H2,36,37,43)/t29-,30+/m0/s1. The fourth-order valence-electron chi connectivity index (χ4n) is 5.66. The van der Waals surface area contributed by atoms with Crippen molar-refractivity contribution in [3.05, 3.63) is 107 Å². The summed E-state index contributed by atoms with van der Waals surface area (Å²) in [6.07, 6.45) is 9.04. The Balaban J connectivity index is 1.43. The van der Waals surface area contributed by atoms with Gasteiger partial charge in [-0.15, -0.1) is 6.58 Å². The topological polar surface area (TPSA) is 130 Å². The minimum Gasteiger partial charge on any atom is -0.508 e. The van der Waals surface area contributed by atoms with E-state index in [-0.39, 0.29) is 37.1 Å². The molecule has 4 amide bonds. The van der Waals surface area contributed by atoms with Gasteiger partial charge in [0, 0.05) is 37.9 Å². The molecule has 10 nitrogen and oxygen atoms in total. The number of carbonyl (C=O) groups excluding carboxylic acids is 3. The van der Waals surface area contributed by atoms with E-state index >= 15 is 0 Å². The van der Waals surface area contributed by atoms with Crippen LogP contribution >= 0.6 is 0 Å². The van der Waals surface area contributed by atoms with E-state index in [0.717, 1.165) is 35.2 Å². The van der Waals surface area contributed by atoms with E-state index in [1.165, 1.54) is 10.5 Å². The number of aromatic amines is 1. The van der Waals surface area contributed by atoms with E-state index < -0.39 is 18.2 Å². The number of allylic oxidation sites excluding steroid dienone is 1. The van der Waals surface area contributed by atoms with Gasteiger partial charge in [0.15, 0.2) is 0 Å². The second-order valence-electron chi connectivity index (χ2n) is 10.8. The maximum Gasteiger partial charge on any atom is 0.316 e. The molecule has 0 radical (unpaired) electrons. The van der Waals surface area contributed by atoms with E-state index in [4.69, 9.17) is 0 Å². The van der Waals surface area contributed by atoms with Crippen molar-refractivity contribution in [3.8, 4) is 5.75 Å². The Labute approximate surface area is 251 Å². The van der Waals surface area contributed by atoms with E-state index in [0.29, 0.717) is 19.6 Å². The number of nitrogens with one attached hydrogen (secondary N) is 4. The Morgan fingerprint density at radius 3 is 2.65 bits per heavy atom. The number of aromatic nitrogens is 1. The van der Waals surface area contributed by atoms with Crippen LogP contribution in [0.2, 0.25) is 0 Å². The molecule has 1 aromatic heterocycles. The summed E-state index contributed by atoms with van der Waals surface area (Å²) in [7, 11) is 0. The highest BCUT2D eigenvalue weighted by Gasteiger charge is 2.43. The SMILES string of the molecule is C=CCNCC(=O)N1[C@@H](NC(=O)NCc2ccccc2)CN(Cc2c[nH]c3c2CCC=C3)C(=O)[C@@H]1Cc1ccc(O)cc1. The number of phenolic OH excluding ortho intramolecular Hbond substituents is 1. The van der Waals surface area contributed by atoms with Crippen LogP contribution in [0.3, 0.4) is 0 Å². The smallest absolute Gasteiger partial charge is 0.316 e. The fourth-order valence-corrected chi connectivity index (χ4v) is 5.66. The molecule has 5 N–H and O–H groups in total. The third-order valence-electron chi connectivity index (χ3n) is 7.79. The quantitative estimate of drug-likeness (QED) is 0.175. The van der Waals surface area contributed by atoms with E-state index in [2.05, 4.69) is 39.7 Å². The molecule has 1 saturated heterocycles. The lowest BCUT2D eigenvalue weighted by atomic mass is 9.97. The maximum atomic E-state index is 14.2. The van der Waals surface area contributed by atoms with Gasteiger partial charge in [-0.25, -0.2) is 4.79 Å². The monoisotopic (exact) mass is 582 g/mol. The van der Waals surface area contributed by atoms with Crippen molar-refractivity contribution in [2.24, 2.45) is 0 Å². The molecule has 1 aliphatic carbocycles. The Bertz CT molecular complexity index is 1470. The van der Waals surface area contributed by atoms with Gasteiger partial charge >= 0.3 is 6.03 Å². The van der Waals surface area contributed by atoms with E-state index in [1.54, 1.807) is 35.2 Å². The molecule has 3 aromatic rings. The highest BCUT2D eigenvalue weighted by Crippen LogP contribution is 2.27. The lowest BCUT2D eigenvalue weighted by molar-refractivity contribution is -0.157. The molecule has 1 fully saturated rings. The predicted octanol–water partition coefficient (Wildman–Crippen LogP) is 3.06. The summed E-state index contributed by atoms with van der Waals surface area (Å²) in [5, 5.41) is 18.7. The van der Waals surface area contributed by atoms with Crippen LogP contribution in [0.5, 0.6) is 5.75 Å². The molecule has 0 saturated carbocycles. The molecule has 2 atom stereocenters. The summed E-state index contributed by atoms with van der Waals surface area (Å²) in [6, 6.07) is 14.8. The van der Waals surface area contributed by atoms with Crippen molar-refractivity contribution in [2.75, 3.05) is 19.6 Å². The number of fused-ring (bicyclic) bond motifs is 1. The fraction of sp³-hybridized carbons (Fsp3) is 0.303. The van der Waals surface area contributed by atoms with Gasteiger partial charge in [-0.3, -0.25) is 9.59 Å². The number of rotatable bonds is 11. The number of H-pyrrole nitrogens is 1. The minimum atomic E-state index is -0.870. The second-order valence-corrected chi connectivity index (χ2v) is 10.8. The van der Waals surface area contributed by atoms with Crippen molar-refractivity contribution in [2.45, 2.75) is 44.6 Å². The van der Waals surface area contributed by atoms with Crippen molar-refractivity contribution in [1.82, 2.24) is 30.7 Å². The summed E-state index contributed by atoms with van der Waals surface area (Å²) < 4.78 is 0. The highest BCUT2D eigenvalue weighted by molar-refractivity contribution is 5.91. The summed E-state index contributed by atoms with van der Waals surface area (Å²) in [5.74, 6) is -0.395. The van der Waals surface area contributed by atoms with Crippen LogP contribution in [0, 0.1) is 0 Å². The number of hydrogen-bond donors (Lipinski definition) is 5. The lowest BCUT2D eigenvalue weighted by Crippen LogP contribution is -2.69. The number of carbonyl (C=O) groups is 3. The zero-order valence-corrected chi connectivity index (χ0v) is 24.1. The summed E-state index contributed by atoms with van der Waals surface area (Å²) in [4.78, 5) is 47.6. The Morgan fingerprint density at radius 1 is 1.09 bits per heavy atom.